The zero-order chi connectivity index (χ0) is 21.0. The van der Waals surface area contributed by atoms with Crippen LogP contribution in [-0.2, 0) is 4.79 Å². The number of carbonyl (C=O) groups excluding carboxylic acids is 1. The lowest BCUT2D eigenvalue weighted by molar-refractivity contribution is -0.123. The Morgan fingerprint density at radius 2 is 2.07 bits per heavy atom. The van der Waals surface area contributed by atoms with Gasteiger partial charge in [0, 0.05) is 29.1 Å². The molecule has 0 aliphatic carbocycles. The van der Waals surface area contributed by atoms with E-state index in [2.05, 4.69) is 34.0 Å². The van der Waals surface area contributed by atoms with Crippen molar-refractivity contribution in [1.82, 2.24) is 19.8 Å². The predicted molar refractivity (Wildman–Crippen MR) is 109 cm³/mol. The summed E-state index contributed by atoms with van der Waals surface area (Å²) in [5.74, 6) is 0.00184. The number of aryl methyl sites for hydroxylation is 1. The molecule has 1 aromatic carbocycles. The molecule has 1 amide bonds. The molecule has 152 valence electrons. The highest BCUT2D eigenvalue weighted by Gasteiger charge is 2.14. The number of halogens is 1. The maximum atomic E-state index is 13.5. The van der Waals surface area contributed by atoms with E-state index in [1.807, 2.05) is 30.7 Å². The number of para-hydroxylation sites is 1. The Labute approximate surface area is 168 Å². The first-order valence-corrected chi connectivity index (χ1v) is 9.30. The van der Waals surface area contributed by atoms with Gasteiger partial charge in [0.15, 0.2) is 18.2 Å². The second kappa shape index (κ2) is 8.72. The molecule has 2 heterocycles. The molecule has 1 N–H and O–H groups in total. The van der Waals surface area contributed by atoms with Gasteiger partial charge in [-0.2, -0.15) is 10.2 Å². The Bertz CT molecular complexity index is 1040. The highest BCUT2D eigenvalue weighted by Crippen LogP contribution is 2.21. The number of ether oxygens (including phenoxy) is 1. The molecule has 0 radical (unpaired) electrons. The molecule has 7 nitrogen and oxygen atoms in total. The van der Waals surface area contributed by atoms with Gasteiger partial charge in [0.05, 0.1) is 12.4 Å². The van der Waals surface area contributed by atoms with Crippen molar-refractivity contribution < 1.29 is 13.9 Å². The van der Waals surface area contributed by atoms with E-state index in [0.29, 0.717) is 0 Å². The average Bonchev–Trinajstić information content (AvgIpc) is 3.25. The molecule has 0 fully saturated rings. The lowest BCUT2D eigenvalue weighted by Crippen LogP contribution is -2.24. The van der Waals surface area contributed by atoms with Crippen LogP contribution in [0.4, 0.5) is 4.39 Å². The third-order valence-corrected chi connectivity index (χ3v) is 4.43. The van der Waals surface area contributed by atoms with Crippen LogP contribution in [0.3, 0.4) is 0 Å². The molecule has 2 aromatic heterocycles. The summed E-state index contributed by atoms with van der Waals surface area (Å²) in [6.45, 7) is 7.81. The minimum absolute atomic E-state index is 0.0249. The summed E-state index contributed by atoms with van der Waals surface area (Å²) in [6.07, 6.45) is 3.35. The monoisotopic (exact) mass is 397 g/mol. The molecule has 0 saturated carbocycles. The fraction of sp³-hybridized carbons (Fsp3) is 0.286. The number of hydrogen-bond donors (Lipinski definition) is 1. The summed E-state index contributed by atoms with van der Waals surface area (Å²) in [7, 11) is 0. The smallest absolute Gasteiger partial charge is 0.277 e. The van der Waals surface area contributed by atoms with E-state index in [1.54, 1.807) is 24.5 Å². The van der Waals surface area contributed by atoms with E-state index in [0.717, 1.165) is 22.8 Å². The Hall–Kier alpha value is -3.42. The molecule has 0 spiro atoms. The number of rotatable bonds is 7. The van der Waals surface area contributed by atoms with E-state index in [9.17, 15) is 9.18 Å². The van der Waals surface area contributed by atoms with E-state index in [1.165, 1.54) is 12.1 Å². The van der Waals surface area contributed by atoms with Crippen LogP contribution in [0.5, 0.6) is 5.75 Å². The van der Waals surface area contributed by atoms with Crippen LogP contribution < -0.4 is 10.2 Å². The van der Waals surface area contributed by atoms with Crippen LogP contribution in [-0.4, -0.2) is 33.1 Å². The molecular formula is C21H24FN5O2. The maximum Gasteiger partial charge on any atom is 0.277 e. The van der Waals surface area contributed by atoms with Crippen molar-refractivity contribution in [2.24, 2.45) is 5.10 Å². The van der Waals surface area contributed by atoms with E-state index in [-0.39, 0.29) is 18.4 Å². The predicted octanol–water partition coefficient (Wildman–Crippen LogP) is 3.54. The number of aromatic nitrogens is 3. The van der Waals surface area contributed by atoms with Crippen molar-refractivity contribution in [1.29, 1.82) is 0 Å². The van der Waals surface area contributed by atoms with Gasteiger partial charge < -0.3 is 9.30 Å². The van der Waals surface area contributed by atoms with Gasteiger partial charge in [0.2, 0.25) is 0 Å². The molecule has 3 rings (SSSR count). The van der Waals surface area contributed by atoms with Crippen molar-refractivity contribution in [3.05, 3.63) is 65.4 Å². The summed E-state index contributed by atoms with van der Waals surface area (Å²) in [6, 6.07) is 10.1. The van der Waals surface area contributed by atoms with Crippen LogP contribution >= 0.6 is 0 Å². The molecule has 0 bridgehead atoms. The molecule has 0 unspecified atom stereocenters. The molecule has 0 aliphatic heterocycles. The number of hydrazone groups is 1. The van der Waals surface area contributed by atoms with E-state index in [4.69, 9.17) is 4.74 Å². The quantitative estimate of drug-likeness (QED) is 0.490. The average molecular weight is 397 g/mol. The van der Waals surface area contributed by atoms with Crippen molar-refractivity contribution in [3.8, 4) is 11.6 Å². The first kappa shape index (κ1) is 20.3. The maximum absolute atomic E-state index is 13.5. The first-order valence-electron chi connectivity index (χ1n) is 9.30. The molecule has 3 aromatic rings. The van der Waals surface area contributed by atoms with Crippen molar-refractivity contribution in [2.75, 3.05) is 6.61 Å². The second-order valence-electron chi connectivity index (χ2n) is 6.90. The third kappa shape index (κ3) is 4.53. The summed E-state index contributed by atoms with van der Waals surface area (Å²) >= 11 is 0. The summed E-state index contributed by atoms with van der Waals surface area (Å²) in [5, 5.41) is 8.38. The van der Waals surface area contributed by atoms with Gasteiger partial charge in [0.1, 0.15) is 5.82 Å². The van der Waals surface area contributed by atoms with Crippen LogP contribution in [0.15, 0.2) is 47.7 Å². The summed E-state index contributed by atoms with van der Waals surface area (Å²) in [4.78, 5) is 11.9. The number of benzene rings is 1. The molecule has 0 aliphatic rings. The topological polar surface area (TPSA) is 73.4 Å². The van der Waals surface area contributed by atoms with Gasteiger partial charge in [-0.3, -0.25) is 4.79 Å². The highest BCUT2D eigenvalue weighted by atomic mass is 19.1. The Morgan fingerprint density at radius 1 is 1.31 bits per heavy atom. The highest BCUT2D eigenvalue weighted by molar-refractivity contribution is 5.84. The van der Waals surface area contributed by atoms with Gasteiger partial charge in [-0.1, -0.05) is 12.1 Å². The van der Waals surface area contributed by atoms with Gasteiger partial charge in [-0.15, -0.1) is 0 Å². The fourth-order valence-electron chi connectivity index (χ4n) is 3.06. The van der Waals surface area contributed by atoms with Crippen LogP contribution in [0.1, 0.15) is 36.8 Å². The minimum Gasteiger partial charge on any atom is -0.481 e. The Morgan fingerprint density at radius 3 is 2.79 bits per heavy atom. The Balaban J connectivity index is 1.66. The minimum atomic E-state index is -0.517. The molecule has 0 saturated heterocycles. The number of carbonyl (C=O) groups is 1. The van der Waals surface area contributed by atoms with Crippen molar-refractivity contribution >= 4 is 12.1 Å². The SMILES string of the molecule is Cc1cc(/C=N\NC(=O)COc2ccccc2F)c(C)n1-c1ccnn1C(C)C. The van der Waals surface area contributed by atoms with Crippen LogP contribution in [0, 0.1) is 19.7 Å². The van der Waals surface area contributed by atoms with Crippen molar-refractivity contribution in [2.45, 2.75) is 33.7 Å². The molecule has 0 atom stereocenters. The van der Waals surface area contributed by atoms with Gasteiger partial charge in [-0.25, -0.2) is 14.5 Å². The van der Waals surface area contributed by atoms with Crippen LogP contribution in [0.2, 0.25) is 0 Å². The van der Waals surface area contributed by atoms with Gasteiger partial charge in [-0.05, 0) is 45.9 Å². The zero-order valence-electron chi connectivity index (χ0n) is 16.9. The summed E-state index contributed by atoms with van der Waals surface area (Å²) in [5.41, 5.74) is 5.27. The number of nitrogens with one attached hydrogen (secondary N) is 1. The number of hydrogen-bond acceptors (Lipinski definition) is 4. The number of amides is 1. The van der Waals surface area contributed by atoms with Gasteiger partial charge in [0.25, 0.3) is 5.91 Å². The lowest BCUT2D eigenvalue weighted by Gasteiger charge is -2.14. The fourth-order valence-corrected chi connectivity index (χ4v) is 3.06. The van der Waals surface area contributed by atoms with Gasteiger partial charge >= 0.3 is 0 Å². The first-order chi connectivity index (χ1) is 13.9. The van der Waals surface area contributed by atoms with Crippen LogP contribution in [0.25, 0.3) is 5.82 Å². The Kier molecular flexibility index (Phi) is 6.11. The second-order valence-corrected chi connectivity index (χ2v) is 6.90. The number of nitrogens with zero attached hydrogens (tertiary/aromatic N) is 4. The molecular weight excluding hydrogens is 373 g/mol. The molecule has 8 heteroatoms. The summed E-state index contributed by atoms with van der Waals surface area (Å²) < 4.78 is 22.7. The molecule has 29 heavy (non-hydrogen) atoms. The van der Waals surface area contributed by atoms with E-state index < -0.39 is 11.7 Å². The standard InChI is InChI=1S/C21H24FN5O2/c1-14(2)27-21(9-10-24-27)26-15(3)11-17(16(26)4)12-23-25-20(28)13-29-19-8-6-5-7-18(19)22/h5-12,14H,13H2,1-4H3,(H,25,28)/b23-12-. The van der Waals surface area contributed by atoms with Crippen molar-refractivity contribution in [3.63, 3.8) is 0 Å². The van der Waals surface area contributed by atoms with E-state index >= 15 is 0 Å². The third-order valence-electron chi connectivity index (χ3n) is 4.43. The normalized spacial score (nSPS) is 11.4. The lowest BCUT2D eigenvalue weighted by atomic mass is 10.3. The largest absolute Gasteiger partial charge is 0.481 e. The zero-order valence-corrected chi connectivity index (χ0v) is 16.9.